The maximum Gasteiger partial charge on any atom is 0.338 e. The van der Waals surface area contributed by atoms with E-state index >= 15 is 0 Å². The number of para-hydroxylation sites is 2. The second-order valence-corrected chi connectivity index (χ2v) is 6.34. The molecule has 0 saturated carbocycles. The first kappa shape index (κ1) is 19.4. The molecule has 2 aromatic rings. The Bertz CT molecular complexity index is 875. The van der Waals surface area contributed by atoms with Gasteiger partial charge in [0.1, 0.15) is 6.54 Å². The van der Waals surface area contributed by atoms with Crippen molar-refractivity contribution in [3.05, 3.63) is 54.1 Å². The number of fused-ring (bicyclic) bond motifs is 1. The number of hydrogen-bond donors (Lipinski definition) is 1. The first-order chi connectivity index (χ1) is 13.5. The minimum atomic E-state index is -0.575. The third-order valence-electron chi connectivity index (χ3n) is 4.63. The SMILES string of the molecule is CCN(CC)c1ccc(C(=O)OCC(=O)N2CC(=O)Nc3ccccc32)cc1. The van der Waals surface area contributed by atoms with Crippen LogP contribution in [0, 0.1) is 0 Å². The Labute approximate surface area is 163 Å². The standard InChI is InChI=1S/C21H23N3O4/c1-3-23(4-2)16-11-9-15(10-12-16)21(27)28-14-20(26)24-13-19(25)22-17-7-5-6-8-18(17)24/h5-12H,3-4,13-14H2,1-2H3,(H,22,25). The Balaban J connectivity index is 1.63. The molecule has 0 bridgehead atoms. The molecule has 2 aromatic carbocycles. The van der Waals surface area contributed by atoms with Gasteiger partial charge in [-0.05, 0) is 50.2 Å². The van der Waals surface area contributed by atoms with Crippen LogP contribution < -0.4 is 15.1 Å². The van der Waals surface area contributed by atoms with Crippen LogP contribution in [0.25, 0.3) is 0 Å². The van der Waals surface area contributed by atoms with E-state index in [1.54, 1.807) is 36.4 Å². The normalized spacial score (nSPS) is 12.8. The molecule has 146 valence electrons. The monoisotopic (exact) mass is 381 g/mol. The molecule has 1 heterocycles. The number of carbonyl (C=O) groups excluding carboxylic acids is 3. The molecule has 0 spiro atoms. The van der Waals surface area contributed by atoms with E-state index in [-0.39, 0.29) is 12.5 Å². The average molecular weight is 381 g/mol. The number of carbonyl (C=O) groups is 3. The Morgan fingerprint density at radius 2 is 1.75 bits per heavy atom. The summed E-state index contributed by atoms with van der Waals surface area (Å²) in [4.78, 5) is 40.1. The van der Waals surface area contributed by atoms with Crippen LogP contribution in [0.3, 0.4) is 0 Å². The van der Waals surface area contributed by atoms with Crippen LogP contribution in [-0.4, -0.2) is 44.0 Å². The Morgan fingerprint density at radius 3 is 2.43 bits per heavy atom. The number of nitrogens with one attached hydrogen (secondary N) is 1. The van der Waals surface area contributed by atoms with Crippen molar-refractivity contribution in [2.24, 2.45) is 0 Å². The summed E-state index contributed by atoms with van der Waals surface area (Å²) >= 11 is 0. The van der Waals surface area contributed by atoms with E-state index in [9.17, 15) is 14.4 Å². The lowest BCUT2D eigenvalue weighted by Crippen LogP contribution is -2.44. The number of benzene rings is 2. The van der Waals surface area contributed by atoms with Gasteiger partial charge in [-0.25, -0.2) is 4.79 Å². The van der Waals surface area contributed by atoms with Gasteiger partial charge in [-0.2, -0.15) is 0 Å². The van der Waals surface area contributed by atoms with Gasteiger partial charge >= 0.3 is 5.97 Å². The van der Waals surface area contributed by atoms with Crippen LogP contribution in [0.2, 0.25) is 0 Å². The zero-order valence-electron chi connectivity index (χ0n) is 16.0. The number of esters is 1. The van der Waals surface area contributed by atoms with E-state index < -0.39 is 18.5 Å². The maximum atomic E-state index is 12.5. The quantitative estimate of drug-likeness (QED) is 0.779. The molecule has 7 nitrogen and oxygen atoms in total. The summed E-state index contributed by atoms with van der Waals surface area (Å²) in [6.45, 7) is 5.34. The molecule has 3 rings (SSSR count). The number of rotatable bonds is 6. The molecule has 28 heavy (non-hydrogen) atoms. The molecule has 1 aliphatic heterocycles. The lowest BCUT2D eigenvalue weighted by molar-refractivity contribution is -0.124. The Morgan fingerprint density at radius 1 is 1.07 bits per heavy atom. The highest BCUT2D eigenvalue weighted by Gasteiger charge is 2.27. The van der Waals surface area contributed by atoms with Crippen LogP contribution in [0.5, 0.6) is 0 Å². The lowest BCUT2D eigenvalue weighted by Gasteiger charge is -2.28. The molecule has 0 unspecified atom stereocenters. The van der Waals surface area contributed by atoms with E-state index in [2.05, 4.69) is 24.1 Å². The topological polar surface area (TPSA) is 79.0 Å². The summed E-state index contributed by atoms with van der Waals surface area (Å²) in [5.41, 5.74) is 2.55. The molecular formula is C21H23N3O4. The average Bonchev–Trinajstić information content (AvgIpc) is 2.72. The number of anilines is 3. The van der Waals surface area contributed by atoms with Crippen molar-refractivity contribution in [3.8, 4) is 0 Å². The Kier molecular flexibility index (Phi) is 5.93. The summed E-state index contributed by atoms with van der Waals surface area (Å²) < 4.78 is 5.17. The summed E-state index contributed by atoms with van der Waals surface area (Å²) in [5, 5.41) is 2.71. The summed E-state index contributed by atoms with van der Waals surface area (Å²) in [6, 6.07) is 14.1. The van der Waals surface area contributed by atoms with Gasteiger partial charge in [-0.3, -0.25) is 14.5 Å². The van der Waals surface area contributed by atoms with E-state index in [0.29, 0.717) is 16.9 Å². The zero-order chi connectivity index (χ0) is 20.1. The van der Waals surface area contributed by atoms with E-state index in [1.165, 1.54) is 4.90 Å². The molecule has 0 aliphatic carbocycles. The summed E-state index contributed by atoms with van der Waals surface area (Å²) in [5.74, 6) is -1.31. The van der Waals surface area contributed by atoms with E-state index in [1.807, 2.05) is 12.1 Å². The van der Waals surface area contributed by atoms with Crippen LogP contribution in [0.15, 0.2) is 48.5 Å². The second-order valence-electron chi connectivity index (χ2n) is 6.34. The molecular weight excluding hydrogens is 358 g/mol. The molecule has 0 radical (unpaired) electrons. The number of hydrogen-bond acceptors (Lipinski definition) is 5. The van der Waals surface area contributed by atoms with Gasteiger partial charge in [0.25, 0.3) is 5.91 Å². The molecule has 1 aliphatic rings. The van der Waals surface area contributed by atoms with Crippen LogP contribution in [0.4, 0.5) is 17.1 Å². The fourth-order valence-corrected chi connectivity index (χ4v) is 3.14. The molecule has 0 atom stereocenters. The largest absolute Gasteiger partial charge is 0.452 e. The maximum absolute atomic E-state index is 12.5. The van der Waals surface area contributed by atoms with Gasteiger partial charge in [0.2, 0.25) is 5.91 Å². The number of amides is 2. The molecule has 1 N–H and O–H groups in total. The third-order valence-corrected chi connectivity index (χ3v) is 4.63. The minimum absolute atomic E-state index is 0.105. The minimum Gasteiger partial charge on any atom is -0.452 e. The highest BCUT2D eigenvalue weighted by atomic mass is 16.5. The van der Waals surface area contributed by atoms with Crippen molar-refractivity contribution >= 4 is 34.8 Å². The predicted octanol–water partition coefficient (Wildman–Crippen LogP) is 2.67. The van der Waals surface area contributed by atoms with Gasteiger partial charge < -0.3 is 15.0 Å². The van der Waals surface area contributed by atoms with Crippen molar-refractivity contribution in [3.63, 3.8) is 0 Å². The molecule has 0 saturated heterocycles. The van der Waals surface area contributed by atoms with Crippen LogP contribution in [0.1, 0.15) is 24.2 Å². The Hall–Kier alpha value is -3.35. The number of nitrogens with zero attached hydrogens (tertiary/aromatic N) is 2. The van der Waals surface area contributed by atoms with Crippen molar-refractivity contribution < 1.29 is 19.1 Å². The lowest BCUT2D eigenvalue weighted by atomic mass is 10.2. The molecule has 0 aromatic heterocycles. The van der Waals surface area contributed by atoms with Gasteiger partial charge in [0, 0.05) is 18.8 Å². The first-order valence-corrected chi connectivity index (χ1v) is 9.24. The van der Waals surface area contributed by atoms with Crippen molar-refractivity contribution in [2.45, 2.75) is 13.8 Å². The summed E-state index contributed by atoms with van der Waals surface area (Å²) in [7, 11) is 0. The predicted molar refractivity (Wildman–Crippen MR) is 108 cm³/mol. The highest BCUT2D eigenvalue weighted by Crippen LogP contribution is 2.28. The number of ether oxygens (including phenoxy) is 1. The van der Waals surface area contributed by atoms with Crippen molar-refractivity contribution in [2.75, 3.05) is 41.4 Å². The first-order valence-electron chi connectivity index (χ1n) is 9.24. The van der Waals surface area contributed by atoms with Gasteiger partial charge in [0.05, 0.1) is 16.9 Å². The van der Waals surface area contributed by atoms with Gasteiger partial charge in [-0.1, -0.05) is 12.1 Å². The molecule has 7 heteroatoms. The molecule has 2 amide bonds. The third kappa shape index (κ3) is 4.14. The van der Waals surface area contributed by atoms with E-state index in [0.717, 1.165) is 18.8 Å². The second kappa shape index (κ2) is 8.56. The van der Waals surface area contributed by atoms with E-state index in [4.69, 9.17) is 4.74 Å². The highest BCUT2D eigenvalue weighted by molar-refractivity contribution is 6.10. The fraction of sp³-hybridized carbons (Fsp3) is 0.286. The zero-order valence-corrected chi connectivity index (χ0v) is 16.0. The van der Waals surface area contributed by atoms with Gasteiger partial charge in [0.15, 0.2) is 6.61 Å². The van der Waals surface area contributed by atoms with Crippen molar-refractivity contribution in [1.82, 2.24) is 0 Å². The summed E-state index contributed by atoms with van der Waals surface area (Å²) in [6.07, 6.45) is 0. The van der Waals surface area contributed by atoms with Crippen LogP contribution in [-0.2, 0) is 14.3 Å². The molecule has 0 fully saturated rings. The smallest absolute Gasteiger partial charge is 0.338 e. The van der Waals surface area contributed by atoms with Gasteiger partial charge in [-0.15, -0.1) is 0 Å². The fourth-order valence-electron chi connectivity index (χ4n) is 3.14. The van der Waals surface area contributed by atoms with Crippen molar-refractivity contribution in [1.29, 1.82) is 0 Å². The van der Waals surface area contributed by atoms with Crippen LogP contribution >= 0.6 is 0 Å².